The van der Waals surface area contributed by atoms with E-state index in [2.05, 4.69) is 29.7 Å². The van der Waals surface area contributed by atoms with E-state index < -0.39 is 195 Å². The van der Waals surface area contributed by atoms with Crippen LogP contribution in [-0.2, 0) is 56.0 Å². The van der Waals surface area contributed by atoms with Crippen LogP contribution in [0.3, 0.4) is 0 Å². The minimum Gasteiger partial charge on any atom is -0.463 e. The lowest BCUT2D eigenvalue weighted by Gasteiger charge is -2.46. The smallest absolute Gasteiger partial charge is 0.416 e. The molecule has 0 atom stereocenters. The van der Waals surface area contributed by atoms with Gasteiger partial charge in [-0.25, -0.2) is 4.98 Å². The Bertz CT molecular complexity index is 2460. The van der Waals surface area contributed by atoms with Crippen LogP contribution in [0, 0.1) is 0 Å². The zero-order valence-electron chi connectivity index (χ0n) is 35.4. The second kappa shape index (κ2) is 20.2. The average molecular weight is 1100 g/mol. The van der Waals surface area contributed by atoms with Crippen LogP contribution in [0.1, 0.15) is 50.1 Å². The maximum Gasteiger partial charge on any atom is 0.416 e. The molecule has 0 aliphatic rings. The van der Waals surface area contributed by atoms with Crippen LogP contribution in [0.5, 0.6) is 5.88 Å². The predicted molar refractivity (Wildman–Crippen MR) is 215 cm³/mol. The third-order valence-corrected chi connectivity index (χ3v) is 10.7. The van der Waals surface area contributed by atoms with Crippen LogP contribution in [-0.4, -0.2) is 17.1 Å². The topological polar surface area (TPSA) is 26.0 Å². The van der Waals surface area contributed by atoms with E-state index in [0.717, 1.165) is 6.54 Å². The lowest BCUT2D eigenvalue weighted by molar-refractivity contribution is -0.689. The van der Waals surface area contributed by atoms with Crippen molar-refractivity contribution >= 4 is 40.6 Å². The predicted octanol–water partition coefficient (Wildman–Crippen LogP) is 12.9. The number of benzene rings is 5. The molecule has 6 rings (SSSR count). The summed E-state index contributed by atoms with van der Waals surface area (Å²) in [6.07, 6.45) is -49.3. The molecule has 6 aromatic rings. The van der Waals surface area contributed by atoms with Crippen LogP contribution in [0.4, 0.5) is 105 Å². The number of alkyl halides is 24. The van der Waals surface area contributed by atoms with E-state index >= 15 is 0 Å². The Labute approximate surface area is 399 Å². The van der Waals surface area contributed by atoms with Gasteiger partial charge in [-0.15, -0.1) is 12.6 Å². The summed E-state index contributed by atoms with van der Waals surface area (Å²) in [6.45, 7) is 0.812. The summed E-state index contributed by atoms with van der Waals surface area (Å²) in [7, 11) is 0. The Morgan fingerprint density at radius 3 is 0.890 bits per heavy atom. The molecule has 0 bridgehead atoms. The summed E-state index contributed by atoms with van der Waals surface area (Å²) < 4.78 is 348. The largest absolute Gasteiger partial charge is 0.463 e. The van der Waals surface area contributed by atoms with Gasteiger partial charge < -0.3 is 4.74 Å². The molecule has 73 heavy (non-hydrogen) atoms. The minimum absolute atomic E-state index is 0.336. The summed E-state index contributed by atoms with van der Waals surface area (Å²) >= 11 is 3.99. The van der Waals surface area contributed by atoms with Gasteiger partial charge in [0.15, 0.2) is 12.7 Å². The first kappa shape index (κ1) is 57.6. The zero-order chi connectivity index (χ0) is 55.1. The van der Waals surface area contributed by atoms with Gasteiger partial charge in [-0.3, -0.25) is 0 Å². The van der Waals surface area contributed by atoms with Gasteiger partial charge >= 0.3 is 49.4 Å². The fourth-order valence-corrected chi connectivity index (χ4v) is 7.65. The molecule has 0 aliphatic carbocycles. The average Bonchev–Trinajstić information content (AvgIpc) is 3.25. The Kier molecular flexibility index (Phi) is 15.9. The van der Waals surface area contributed by atoms with Gasteiger partial charge in [-0.1, -0.05) is 78.9 Å². The molecule has 0 saturated carbocycles. The van der Waals surface area contributed by atoms with E-state index in [1.165, 1.54) is 5.56 Å². The third-order valence-electron chi connectivity index (χ3n) is 10.6. The van der Waals surface area contributed by atoms with Crippen molar-refractivity contribution in [3.8, 4) is 5.88 Å². The molecule has 0 N–H and O–H groups in total. The Balaban J connectivity index is 0.000000520. The lowest BCUT2D eigenvalue weighted by atomic mass is 9.12. The highest BCUT2D eigenvalue weighted by atomic mass is 32.1. The van der Waals surface area contributed by atoms with Crippen molar-refractivity contribution in [1.29, 1.82) is 0 Å². The molecule has 1 heterocycles. The van der Waals surface area contributed by atoms with Crippen LogP contribution in [0.25, 0.3) is 0 Å². The van der Waals surface area contributed by atoms with Gasteiger partial charge in [-0.05, 0) is 24.3 Å². The molecular formula is C44H25BF24N2OS. The van der Waals surface area contributed by atoms with Crippen LogP contribution in [0.15, 0.2) is 122 Å². The van der Waals surface area contributed by atoms with Gasteiger partial charge in [0.2, 0.25) is 6.20 Å². The van der Waals surface area contributed by atoms with Gasteiger partial charge in [0.25, 0.3) is 5.88 Å². The molecule has 3 nitrogen and oxygen atoms in total. The van der Waals surface area contributed by atoms with Gasteiger partial charge in [-0.2, -0.15) is 132 Å². The van der Waals surface area contributed by atoms with Crippen molar-refractivity contribution in [3.05, 3.63) is 172 Å². The standard InChI is InChI=1S/C32H12BF24.C12H12N2OS/c34-25(35,36)13-1-14(26(37,38)39)6-21(5-13)33(22-7-15(27(40,41)42)2-16(8-22)28(43,44)45,23-9-17(29(46,47)48)3-18(10-23)30(49,50)51)24-11-19(31(52,53)54)4-20(12-24)32(55,56)57;16-10-15-12-9-14(7-6-13-12)8-11-4-2-1-3-5-11/h1-12H;1-7,9H,8,10H2/q-1;/p+1. The van der Waals surface area contributed by atoms with Crippen LogP contribution in [0.2, 0.25) is 0 Å². The number of halogens is 24. The third kappa shape index (κ3) is 13.9. The van der Waals surface area contributed by atoms with Crippen molar-refractivity contribution in [2.45, 2.75) is 56.0 Å². The van der Waals surface area contributed by atoms with Crippen LogP contribution >= 0.6 is 12.6 Å². The first-order valence-electron chi connectivity index (χ1n) is 19.6. The van der Waals surface area contributed by atoms with Crippen molar-refractivity contribution in [2.75, 3.05) is 5.94 Å². The van der Waals surface area contributed by atoms with Gasteiger partial charge in [0.05, 0.1) is 50.7 Å². The lowest BCUT2D eigenvalue weighted by Crippen LogP contribution is -2.75. The van der Waals surface area contributed by atoms with Gasteiger partial charge in [0, 0.05) is 5.56 Å². The van der Waals surface area contributed by atoms with Crippen LogP contribution < -0.4 is 31.2 Å². The fourth-order valence-electron chi connectivity index (χ4n) is 7.51. The molecule has 394 valence electrons. The second-order valence-electron chi connectivity index (χ2n) is 15.5. The number of aromatic nitrogens is 2. The summed E-state index contributed by atoms with van der Waals surface area (Å²) in [5.74, 6) is 0.927. The molecule has 0 unspecified atom stereocenters. The summed E-state index contributed by atoms with van der Waals surface area (Å²) in [5, 5.41) is 0. The molecule has 5 aromatic carbocycles. The molecule has 1 aromatic heterocycles. The van der Waals surface area contributed by atoms with Crippen molar-refractivity contribution < 1.29 is 115 Å². The number of ether oxygens (including phenoxy) is 1. The Morgan fingerprint density at radius 1 is 0.397 bits per heavy atom. The maximum absolute atomic E-state index is 14.2. The number of hydrogen-bond acceptors (Lipinski definition) is 3. The highest BCUT2D eigenvalue weighted by Gasteiger charge is 2.47. The number of thiol groups is 1. The SMILES string of the molecule is FC(F)(F)c1cc([B-](c2cc(C(F)(F)F)cc(C(F)(F)F)c2)(c2cc(C(F)(F)F)cc(C(F)(F)F)c2)c2cc(C(F)(F)F)cc(C(F)(F)F)c2)cc(C(F)(F)F)c1.SCOc1c[n+](Cc2ccccc2)ccn1. The highest BCUT2D eigenvalue weighted by molar-refractivity contribution is 7.80. The van der Waals surface area contributed by atoms with E-state index in [0.29, 0.717) is 11.8 Å². The van der Waals surface area contributed by atoms with Gasteiger partial charge in [0.1, 0.15) is 12.1 Å². The van der Waals surface area contributed by atoms with E-state index in [1.807, 2.05) is 35.2 Å². The summed E-state index contributed by atoms with van der Waals surface area (Å²) in [6, 6.07) is 1.44. The van der Waals surface area contributed by atoms with Crippen molar-refractivity contribution in [1.82, 2.24) is 4.98 Å². The molecular weight excluding hydrogens is 1070 g/mol. The van der Waals surface area contributed by atoms with Crippen molar-refractivity contribution in [2.24, 2.45) is 0 Å². The molecule has 29 heteroatoms. The highest BCUT2D eigenvalue weighted by Crippen LogP contribution is 2.41. The first-order valence-corrected chi connectivity index (χ1v) is 20.3. The number of rotatable bonds is 8. The van der Waals surface area contributed by atoms with Crippen molar-refractivity contribution in [3.63, 3.8) is 0 Å². The molecule has 0 radical (unpaired) electrons. The zero-order valence-corrected chi connectivity index (χ0v) is 36.3. The second-order valence-corrected chi connectivity index (χ2v) is 15.8. The molecule has 0 amide bonds. The van der Waals surface area contributed by atoms with E-state index in [4.69, 9.17) is 4.74 Å². The quantitative estimate of drug-likeness (QED) is 0.0540. The normalized spacial score (nSPS) is 13.4. The first-order chi connectivity index (χ1) is 33.1. The van der Waals surface area contributed by atoms with E-state index in [1.54, 1.807) is 6.20 Å². The fraction of sp³-hybridized carbons (Fsp3) is 0.227. The summed E-state index contributed by atoms with van der Waals surface area (Å²) in [5.41, 5.74) is -29.0. The summed E-state index contributed by atoms with van der Waals surface area (Å²) in [4.78, 5) is 4.08. The molecule has 0 aliphatic heterocycles. The number of hydrogen-bond donors (Lipinski definition) is 1. The maximum atomic E-state index is 14.2. The Morgan fingerprint density at radius 2 is 0.658 bits per heavy atom. The van der Waals surface area contributed by atoms with E-state index in [-0.39, 0.29) is 0 Å². The Hall–Kier alpha value is -6.29. The molecule has 0 spiro atoms. The molecule has 0 saturated heterocycles. The minimum atomic E-state index is -6.13. The number of nitrogens with zero attached hydrogens (tertiary/aromatic N) is 2. The monoisotopic (exact) mass is 1100 g/mol. The van der Waals surface area contributed by atoms with E-state index in [9.17, 15) is 105 Å². The molecule has 0 fully saturated rings.